The van der Waals surface area contributed by atoms with Crippen molar-refractivity contribution in [2.45, 2.75) is 13.8 Å². The number of likely N-dealkylation sites (N-methyl/N-ethyl adjacent to an activating group) is 1. The number of halogens is 1. The van der Waals surface area contributed by atoms with Gasteiger partial charge in [-0.15, -0.1) is 11.3 Å². The molecule has 3 nitrogen and oxygen atoms in total. The van der Waals surface area contributed by atoms with Crippen LogP contribution in [0.5, 0.6) is 0 Å². The summed E-state index contributed by atoms with van der Waals surface area (Å²) < 4.78 is 0.647. The number of hydrogen-bond acceptors (Lipinski definition) is 3. The second-order valence-electron chi connectivity index (χ2n) is 3.39. The van der Waals surface area contributed by atoms with E-state index in [2.05, 4.69) is 24.1 Å². The number of hydrogen-bond donors (Lipinski definition) is 1. The van der Waals surface area contributed by atoms with E-state index in [9.17, 15) is 4.79 Å². The van der Waals surface area contributed by atoms with Crippen molar-refractivity contribution in [1.29, 1.82) is 0 Å². The predicted molar refractivity (Wildman–Crippen MR) is 69.5 cm³/mol. The highest BCUT2D eigenvalue weighted by Crippen LogP contribution is 2.20. The van der Waals surface area contributed by atoms with Gasteiger partial charge in [-0.05, 0) is 25.2 Å². The fraction of sp³-hybridized carbons (Fsp3) is 0.545. The summed E-state index contributed by atoms with van der Waals surface area (Å²) in [6.45, 7) is 7.82. The Bertz CT molecular complexity index is 336. The molecule has 0 aromatic carbocycles. The lowest BCUT2D eigenvalue weighted by Crippen LogP contribution is -2.34. The summed E-state index contributed by atoms with van der Waals surface area (Å²) in [4.78, 5) is 14.6. The molecule has 5 heteroatoms. The molecule has 0 bridgehead atoms. The van der Waals surface area contributed by atoms with Crippen molar-refractivity contribution in [2.75, 3.05) is 26.2 Å². The van der Waals surface area contributed by atoms with E-state index < -0.39 is 0 Å². The highest BCUT2D eigenvalue weighted by Gasteiger charge is 2.08. The van der Waals surface area contributed by atoms with Crippen molar-refractivity contribution in [3.63, 3.8) is 0 Å². The average molecular weight is 261 g/mol. The van der Waals surface area contributed by atoms with Crippen molar-refractivity contribution in [3.05, 3.63) is 21.3 Å². The minimum atomic E-state index is -0.0379. The van der Waals surface area contributed by atoms with Gasteiger partial charge in [0.2, 0.25) is 0 Å². The zero-order valence-electron chi connectivity index (χ0n) is 9.62. The van der Waals surface area contributed by atoms with Crippen LogP contribution in [0.25, 0.3) is 0 Å². The van der Waals surface area contributed by atoms with E-state index in [4.69, 9.17) is 11.6 Å². The summed E-state index contributed by atoms with van der Waals surface area (Å²) in [6.07, 6.45) is 0. The Labute approximate surface area is 105 Å². The largest absolute Gasteiger partial charge is 0.350 e. The normalized spacial score (nSPS) is 10.8. The third-order valence-corrected chi connectivity index (χ3v) is 3.63. The third kappa shape index (κ3) is 4.12. The number of carbonyl (C=O) groups excluding carboxylic acids is 1. The van der Waals surface area contributed by atoms with Crippen LogP contribution in [0.15, 0.2) is 12.1 Å². The van der Waals surface area contributed by atoms with Crippen molar-refractivity contribution in [2.24, 2.45) is 0 Å². The molecule has 1 amide bonds. The van der Waals surface area contributed by atoms with Gasteiger partial charge in [-0.1, -0.05) is 25.4 Å². The first-order chi connectivity index (χ1) is 7.67. The quantitative estimate of drug-likeness (QED) is 0.852. The Morgan fingerprint density at radius 3 is 2.62 bits per heavy atom. The van der Waals surface area contributed by atoms with Crippen LogP contribution in [0.1, 0.15) is 23.5 Å². The number of nitrogens with one attached hydrogen (secondary N) is 1. The topological polar surface area (TPSA) is 32.3 Å². The minimum Gasteiger partial charge on any atom is -0.350 e. The summed E-state index contributed by atoms with van der Waals surface area (Å²) in [5, 5.41) is 2.88. The Morgan fingerprint density at radius 2 is 2.12 bits per heavy atom. The molecule has 1 aromatic heterocycles. The standard InChI is InChI=1S/C11H17ClN2OS/c1-3-14(4-2)8-7-13-11(15)9-5-6-10(12)16-9/h5-6H,3-4,7-8H2,1-2H3,(H,13,15). The van der Waals surface area contributed by atoms with Crippen LogP contribution in [0.2, 0.25) is 4.34 Å². The Kier molecular flexibility index (Phi) is 5.80. The summed E-state index contributed by atoms with van der Waals surface area (Å²) in [5.74, 6) is -0.0379. The summed E-state index contributed by atoms with van der Waals surface area (Å²) in [7, 11) is 0. The summed E-state index contributed by atoms with van der Waals surface area (Å²) in [6, 6.07) is 3.49. The van der Waals surface area contributed by atoms with Gasteiger partial charge in [0.15, 0.2) is 0 Å². The molecular weight excluding hydrogens is 244 g/mol. The number of thiophene rings is 1. The second kappa shape index (κ2) is 6.89. The molecule has 16 heavy (non-hydrogen) atoms. The third-order valence-electron chi connectivity index (χ3n) is 2.41. The van der Waals surface area contributed by atoms with Crippen LogP contribution in [0.4, 0.5) is 0 Å². The van der Waals surface area contributed by atoms with Crippen molar-refractivity contribution >= 4 is 28.8 Å². The lowest BCUT2D eigenvalue weighted by atomic mass is 10.4. The first-order valence-electron chi connectivity index (χ1n) is 5.43. The van der Waals surface area contributed by atoms with Crippen LogP contribution >= 0.6 is 22.9 Å². The van der Waals surface area contributed by atoms with E-state index in [0.717, 1.165) is 19.6 Å². The lowest BCUT2D eigenvalue weighted by Gasteiger charge is -2.17. The van der Waals surface area contributed by atoms with Crippen LogP contribution in [0.3, 0.4) is 0 Å². The molecule has 0 aliphatic heterocycles. The average Bonchev–Trinajstić information content (AvgIpc) is 2.71. The monoisotopic (exact) mass is 260 g/mol. The minimum absolute atomic E-state index is 0.0379. The molecule has 1 heterocycles. The molecule has 0 spiro atoms. The van der Waals surface area contributed by atoms with Gasteiger partial charge >= 0.3 is 0 Å². The Hall–Kier alpha value is -0.580. The zero-order valence-corrected chi connectivity index (χ0v) is 11.2. The molecule has 1 rings (SSSR count). The highest BCUT2D eigenvalue weighted by molar-refractivity contribution is 7.17. The van der Waals surface area contributed by atoms with E-state index in [1.54, 1.807) is 12.1 Å². The van der Waals surface area contributed by atoms with E-state index >= 15 is 0 Å². The van der Waals surface area contributed by atoms with Gasteiger partial charge in [0.05, 0.1) is 9.21 Å². The molecule has 90 valence electrons. The molecule has 0 unspecified atom stereocenters. The molecule has 1 N–H and O–H groups in total. The van der Waals surface area contributed by atoms with Crippen LogP contribution < -0.4 is 5.32 Å². The van der Waals surface area contributed by atoms with Gasteiger partial charge < -0.3 is 10.2 Å². The number of carbonyl (C=O) groups is 1. The Balaban J connectivity index is 2.30. The Morgan fingerprint density at radius 1 is 1.44 bits per heavy atom. The van der Waals surface area contributed by atoms with Gasteiger partial charge in [-0.2, -0.15) is 0 Å². The van der Waals surface area contributed by atoms with E-state index in [0.29, 0.717) is 15.8 Å². The molecule has 0 aliphatic rings. The van der Waals surface area contributed by atoms with Crippen LogP contribution in [0, 0.1) is 0 Å². The summed E-state index contributed by atoms with van der Waals surface area (Å²) >= 11 is 7.07. The maximum Gasteiger partial charge on any atom is 0.261 e. The maximum atomic E-state index is 11.6. The van der Waals surface area contributed by atoms with Crippen LogP contribution in [-0.4, -0.2) is 37.0 Å². The van der Waals surface area contributed by atoms with Crippen molar-refractivity contribution in [1.82, 2.24) is 10.2 Å². The van der Waals surface area contributed by atoms with Gasteiger partial charge in [0, 0.05) is 13.1 Å². The number of rotatable bonds is 6. The molecular formula is C11H17ClN2OS. The van der Waals surface area contributed by atoms with E-state index in [-0.39, 0.29) is 5.91 Å². The smallest absolute Gasteiger partial charge is 0.261 e. The van der Waals surface area contributed by atoms with Gasteiger partial charge in [0.1, 0.15) is 0 Å². The van der Waals surface area contributed by atoms with Gasteiger partial charge in [0.25, 0.3) is 5.91 Å². The van der Waals surface area contributed by atoms with Crippen molar-refractivity contribution in [3.8, 4) is 0 Å². The number of amides is 1. The SMILES string of the molecule is CCN(CC)CCNC(=O)c1ccc(Cl)s1. The molecule has 0 aliphatic carbocycles. The lowest BCUT2D eigenvalue weighted by molar-refractivity contribution is 0.0953. The molecule has 0 radical (unpaired) electrons. The first-order valence-corrected chi connectivity index (χ1v) is 6.62. The second-order valence-corrected chi connectivity index (χ2v) is 5.10. The zero-order chi connectivity index (χ0) is 12.0. The molecule has 0 fully saturated rings. The van der Waals surface area contributed by atoms with E-state index in [1.807, 2.05) is 0 Å². The molecule has 1 aromatic rings. The molecule has 0 saturated carbocycles. The fourth-order valence-electron chi connectivity index (χ4n) is 1.39. The summed E-state index contributed by atoms with van der Waals surface area (Å²) in [5.41, 5.74) is 0. The number of nitrogens with zero attached hydrogens (tertiary/aromatic N) is 1. The molecule has 0 atom stereocenters. The van der Waals surface area contributed by atoms with Gasteiger partial charge in [-0.3, -0.25) is 4.79 Å². The van der Waals surface area contributed by atoms with Gasteiger partial charge in [-0.25, -0.2) is 0 Å². The first kappa shape index (κ1) is 13.5. The highest BCUT2D eigenvalue weighted by atomic mass is 35.5. The van der Waals surface area contributed by atoms with Crippen molar-refractivity contribution < 1.29 is 4.79 Å². The van der Waals surface area contributed by atoms with E-state index in [1.165, 1.54) is 11.3 Å². The fourth-order valence-corrected chi connectivity index (χ4v) is 2.35. The molecule has 0 saturated heterocycles. The van der Waals surface area contributed by atoms with Crippen LogP contribution in [-0.2, 0) is 0 Å². The maximum absolute atomic E-state index is 11.6. The predicted octanol–water partition coefficient (Wildman–Crippen LogP) is 2.47.